The number of hydrogen-bond acceptors (Lipinski definition) is 3. The van der Waals surface area contributed by atoms with Crippen LogP contribution in [-0.4, -0.2) is 38.4 Å². The minimum Gasteiger partial charge on any atom is -0.338 e. The SMILES string of the molecule is Cn1c(C2CCN(C(=O)c3cccc(Br)c3)C2)nc2cccnc21. The summed E-state index contributed by atoms with van der Waals surface area (Å²) in [5, 5.41) is 0. The molecule has 0 spiro atoms. The number of nitrogens with zero attached hydrogens (tertiary/aromatic N) is 4. The van der Waals surface area contributed by atoms with E-state index >= 15 is 0 Å². The molecule has 1 aliphatic heterocycles. The lowest BCUT2D eigenvalue weighted by molar-refractivity contribution is 0.0790. The second-order valence-electron chi connectivity index (χ2n) is 6.12. The maximum Gasteiger partial charge on any atom is 0.253 e. The Kier molecular flexibility index (Phi) is 3.84. The van der Waals surface area contributed by atoms with E-state index in [1.807, 2.05) is 52.9 Å². The average molecular weight is 385 g/mol. The first-order valence-corrected chi connectivity index (χ1v) is 8.75. The molecule has 1 amide bonds. The summed E-state index contributed by atoms with van der Waals surface area (Å²) in [5.74, 6) is 1.34. The Hall–Kier alpha value is -2.21. The smallest absolute Gasteiger partial charge is 0.253 e. The molecule has 1 aromatic carbocycles. The van der Waals surface area contributed by atoms with Gasteiger partial charge in [0.05, 0.1) is 0 Å². The largest absolute Gasteiger partial charge is 0.338 e. The van der Waals surface area contributed by atoms with E-state index in [-0.39, 0.29) is 11.8 Å². The summed E-state index contributed by atoms with van der Waals surface area (Å²) >= 11 is 3.43. The van der Waals surface area contributed by atoms with E-state index in [9.17, 15) is 4.79 Å². The molecular formula is C18H17BrN4O. The van der Waals surface area contributed by atoms with Crippen LogP contribution in [0.3, 0.4) is 0 Å². The van der Waals surface area contributed by atoms with E-state index in [4.69, 9.17) is 4.98 Å². The number of imidazole rings is 1. The van der Waals surface area contributed by atoms with Crippen LogP contribution in [-0.2, 0) is 7.05 Å². The van der Waals surface area contributed by atoms with Gasteiger partial charge in [0, 0.05) is 42.3 Å². The number of carbonyl (C=O) groups excluding carboxylic acids is 1. The van der Waals surface area contributed by atoms with Crippen LogP contribution < -0.4 is 0 Å². The van der Waals surface area contributed by atoms with Crippen molar-refractivity contribution in [2.24, 2.45) is 7.05 Å². The first-order chi connectivity index (χ1) is 11.6. The maximum absolute atomic E-state index is 12.7. The number of carbonyl (C=O) groups is 1. The van der Waals surface area contributed by atoms with Gasteiger partial charge in [-0.3, -0.25) is 4.79 Å². The third-order valence-corrected chi connectivity index (χ3v) is 5.07. The highest BCUT2D eigenvalue weighted by Crippen LogP contribution is 2.29. The van der Waals surface area contributed by atoms with E-state index < -0.39 is 0 Å². The lowest BCUT2D eigenvalue weighted by Gasteiger charge is -2.16. The van der Waals surface area contributed by atoms with Gasteiger partial charge >= 0.3 is 0 Å². The number of amides is 1. The van der Waals surface area contributed by atoms with Crippen molar-refractivity contribution in [3.05, 3.63) is 58.5 Å². The second kappa shape index (κ2) is 6.02. The molecule has 5 nitrogen and oxygen atoms in total. The number of hydrogen-bond donors (Lipinski definition) is 0. The number of fused-ring (bicyclic) bond motifs is 1. The zero-order valence-electron chi connectivity index (χ0n) is 13.3. The van der Waals surface area contributed by atoms with Gasteiger partial charge in [-0.25, -0.2) is 9.97 Å². The fraction of sp³-hybridized carbons (Fsp3) is 0.278. The molecule has 2 aromatic heterocycles. The fourth-order valence-electron chi connectivity index (χ4n) is 3.37. The number of rotatable bonds is 2. The van der Waals surface area contributed by atoms with Gasteiger partial charge in [-0.05, 0) is 36.8 Å². The van der Waals surface area contributed by atoms with Crippen LogP contribution in [0.2, 0.25) is 0 Å². The molecule has 4 rings (SSSR count). The van der Waals surface area contributed by atoms with Crippen molar-refractivity contribution in [1.29, 1.82) is 0 Å². The van der Waals surface area contributed by atoms with Gasteiger partial charge in [0.2, 0.25) is 0 Å². The molecule has 1 fully saturated rings. The van der Waals surface area contributed by atoms with E-state index in [1.165, 1.54) is 0 Å². The summed E-state index contributed by atoms with van der Waals surface area (Å²) < 4.78 is 2.97. The minimum absolute atomic E-state index is 0.0793. The number of benzene rings is 1. The maximum atomic E-state index is 12.7. The minimum atomic E-state index is 0.0793. The molecule has 1 unspecified atom stereocenters. The quantitative estimate of drug-likeness (QED) is 0.680. The van der Waals surface area contributed by atoms with Crippen LogP contribution in [0.5, 0.6) is 0 Å². The van der Waals surface area contributed by atoms with Crippen LogP contribution in [0.15, 0.2) is 47.1 Å². The Balaban J connectivity index is 1.57. The molecule has 3 aromatic rings. The number of aromatic nitrogens is 3. The van der Waals surface area contributed by atoms with Crippen molar-refractivity contribution in [2.75, 3.05) is 13.1 Å². The van der Waals surface area contributed by atoms with Crippen molar-refractivity contribution in [1.82, 2.24) is 19.4 Å². The third-order valence-electron chi connectivity index (χ3n) is 4.57. The van der Waals surface area contributed by atoms with E-state index in [0.29, 0.717) is 6.54 Å². The zero-order valence-corrected chi connectivity index (χ0v) is 14.9. The monoisotopic (exact) mass is 384 g/mol. The molecule has 0 N–H and O–H groups in total. The molecular weight excluding hydrogens is 368 g/mol. The van der Waals surface area contributed by atoms with Gasteiger partial charge in [-0.15, -0.1) is 0 Å². The summed E-state index contributed by atoms with van der Waals surface area (Å²) in [6.45, 7) is 1.45. The summed E-state index contributed by atoms with van der Waals surface area (Å²) in [4.78, 5) is 23.7. The van der Waals surface area contributed by atoms with Crippen LogP contribution in [0.1, 0.15) is 28.5 Å². The van der Waals surface area contributed by atoms with Crippen LogP contribution in [0.25, 0.3) is 11.2 Å². The van der Waals surface area contributed by atoms with Crippen molar-refractivity contribution in [3.63, 3.8) is 0 Å². The average Bonchev–Trinajstić information content (AvgIpc) is 3.20. The van der Waals surface area contributed by atoms with Gasteiger partial charge in [-0.2, -0.15) is 0 Å². The highest BCUT2D eigenvalue weighted by molar-refractivity contribution is 9.10. The molecule has 1 aliphatic rings. The zero-order chi connectivity index (χ0) is 16.7. The molecule has 6 heteroatoms. The summed E-state index contributed by atoms with van der Waals surface area (Å²) in [6.07, 6.45) is 2.71. The number of halogens is 1. The molecule has 24 heavy (non-hydrogen) atoms. The van der Waals surface area contributed by atoms with Crippen molar-refractivity contribution in [2.45, 2.75) is 12.3 Å². The molecule has 1 atom stereocenters. The Morgan fingerprint density at radius 3 is 2.96 bits per heavy atom. The Morgan fingerprint density at radius 1 is 1.29 bits per heavy atom. The van der Waals surface area contributed by atoms with Crippen molar-refractivity contribution >= 4 is 33.0 Å². The standard InChI is InChI=1S/C18H17BrN4O/c1-22-16(21-15-6-3-8-20-17(15)22)13-7-9-23(11-13)18(24)12-4-2-5-14(19)10-12/h2-6,8,10,13H,7,9,11H2,1H3. The predicted octanol–water partition coefficient (Wildman–Crippen LogP) is 3.36. The Morgan fingerprint density at radius 2 is 2.17 bits per heavy atom. The molecule has 1 saturated heterocycles. The van der Waals surface area contributed by atoms with Crippen molar-refractivity contribution in [3.8, 4) is 0 Å². The van der Waals surface area contributed by atoms with Gasteiger partial charge in [0.25, 0.3) is 5.91 Å². The highest BCUT2D eigenvalue weighted by Gasteiger charge is 2.31. The number of pyridine rings is 1. The van der Waals surface area contributed by atoms with E-state index in [1.54, 1.807) is 6.20 Å². The first-order valence-electron chi connectivity index (χ1n) is 7.95. The van der Waals surface area contributed by atoms with Gasteiger partial charge in [0.1, 0.15) is 11.3 Å². The molecule has 0 radical (unpaired) electrons. The fourth-order valence-corrected chi connectivity index (χ4v) is 3.77. The topological polar surface area (TPSA) is 51.0 Å². The summed E-state index contributed by atoms with van der Waals surface area (Å²) in [7, 11) is 2.00. The van der Waals surface area contributed by atoms with Crippen molar-refractivity contribution < 1.29 is 4.79 Å². The van der Waals surface area contributed by atoms with Gasteiger partial charge in [-0.1, -0.05) is 22.0 Å². The van der Waals surface area contributed by atoms with Crippen LogP contribution in [0, 0.1) is 0 Å². The van der Waals surface area contributed by atoms with Gasteiger partial charge < -0.3 is 9.47 Å². The first kappa shape index (κ1) is 15.3. The summed E-state index contributed by atoms with van der Waals surface area (Å²) in [6, 6.07) is 11.4. The Labute approximate surface area is 148 Å². The lowest BCUT2D eigenvalue weighted by atomic mass is 10.1. The molecule has 3 heterocycles. The second-order valence-corrected chi connectivity index (χ2v) is 7.04. The van der Waals surface area contributed by atoms with Gasteiger partial charge in [0.15, 0.2) is 5.65 Å². The van der Waals surface area contributed by atoms with E-state index in [2.05, 4.69) is 20.9 Å². The molecule has 122 valence electrons. The normalized spacial score (nSPS) is 17.6. The number of aryl methyl sites for hydroxylation is 1. The summed E-state index contributed by atoms with van der Waals surface area (Å²) in [5.41, 5.74) is 2.52. The van der Waals surface area contributed by atoms with Crippen LogP contribution >= 0.6 is 15.9 Å². The Bertz CT molecular complexity index is 920. The third kappa shape index (κ3) is 2.60. The van der Waals surface area contributed by atoms with Crippen LogP contribution in [0.4, 0.5) is 0 Å². The lowest BCUT2D eigenvalue weighted by Crippen LogP contribution is -2.28. The molecule has 0 saturated carbocycles. The molecule has 0 aliphatic carbocycles. The van der Waals surface area contributed by atoms with E-state index in [0.717, 1.165) is 40.0 Å². The molecule has 0 bridgehead atoms. The predicted molar refractivity (Wildman–Crippen MR) is 95.9 cm³/mol. The highest BCUT2D eigenvalue weighted by atomic mass is 79.9. The number of likely N-dealkylation sites (tertiary alicyclic amines) is 1.